The third-order valence-corrected chi connectivity index (χ3v) is 5.45. The van der Waals surface area contributed by atoms with Gasteiger partial charge in [-0.25, -0.2) is 4.39 Å². The van der Waals surface area contributed by atoms with Gasteiger partial charge in [0.05, 0.1) is 24.4 Å². The molecule has 6 nitrogen and oxygen atoms in total. The third-order valence-electron chi connectivity index (χ3n) is 5.45. The van der Waals surface area contributed by atoms with Gasteiger partial charge in [0.15, 0.2) is 0 Å². The van der Waals surface area contributed by atoms with Gasteiger partial charge in [-0.2, -0.15) is 0 Å². The zero-order chi connectivity index (χ0) is 23.0. The molecule has 1 saturated heterocycles. The van der Waals surface area contributed by atoms with Crippen LogP contribution in [0.5, 0.6) is 11.5 Å². The lowest BCUT2D eigenvalue weighted by molar-refractivity contribution is -0.132. The number of aliphatic hydroxyl groups is 1. The SMILES string of the molecule is COc1ccc(/C(O)=C2\C(=O)C(=O)N(c3ccccc3O)C2c2ccccc2F)cc1C. The summed E-state index contributed by atoms with van der Waals surface area (Å²) in [5.41, 5.74) is 0.760. The van der Waals surface area contributed by atoms with Crippen LogP contribution < -0.4 is 9.64 Å². The Morgan fingerprint density at radius 3 is 2.38 bits per heavy atom. The molecule has 1 fully saturated rings. The number of aliphatic hydroxyl groups excluding tert-OH is 1. The number of phenols is 1. The van der Waals surface area contributed by atoms with Crippen molar-refractivity contribution in [2.24, 2.45) is 0 Å². The Kier molecular flexibility index (Phi) is 5.40. The minimum absolute atomic E-state index is 0.0155. The highest BCUT2D eigenvalue weighted by Gasteiger charge is 2.48. The fraction of sp³-hybridized carbons (Fsp3) is 0.120. The highest BCUT2D eigenvalue weighted by atomic mass is 19.1. The highest BCUT2D eigenvalue weighted by Crippen LogP contribution is 2.45. The quantitative estimate of drug-likeness (QED) is 0.360. The summed E-state index contributed by atoms with van der Waals surface area (Å²) in [6.45, 7) is 1.77. The van der Waals surface area contributed by atoms with Crippen LogP contribution in [0.4, 0.5) is 10.1 Å². The van der Waals surface area contributed by atoms with E-state index in [0.29, 0.717) is 11.3 Å². The smallest absolute Gasteiger partial charge is 0.300 e. The third kappa shape index (κ3) is 3.37. The molecule has 4 rings (SSSR count). The van der Waals surface area contributed by atoms with Crippen molar-refractivity contribution in [2.75, 3.05) is 12.0 Å². The predicted molar refractivity (Wildman–Crippen MR) is 117 cm³/mol. The van der Waals surface area contributed by atoms with Gasteiger partial charge in [-0.3, -0.25) is 14.5 Å². The summed E-state index contributed by atoms with van der Waals surface area (Å²) in [7, 11) is 1.51. The molecule has 162 valence electrons. The van der Waals surface area contributed by atoms with Gasteiger partial charge in [0.25, 0.3) is 11.7 Å². The first-order valence-corrected chi connectivity index (χ1v) is 9.83. The molecule has 0 saturated carbocycles. The Labute approximate surface area is 183 Å². The number of para-hydroxylation sites is 2. The van der Waals surface area contributed by atoms with Crippen molar-refractivity contribution in [3.8, 4) is 11.5 Å². The van der Waals surface area contributed by atoms with E-state index in [-0.39, 0.29) is 28.1 Å². The summed E-state index contributed by atoms with van der Waals surface area (Å²) in [5.74, 6) is -2.73. The largest absolute Gasteiger partial charge is 0.507 e. The molecule has 1 aliphatic rings. The Hall–Kier alpha value is -4.13. The average Bonchev–Trinajstić information content (AvgIpc) is 3.04. The van der Waals surface area contributed by atoms with E-state index in [1.54, 1.807) is 43.3 Å². The number of aryl methyl sites for hydroxylation is 1. The van der Waals surface area contributed by atoms with E-state index in [2.05, 4.69) is 0 Å². The number of hydrogen-bond acceptors (Lipinski definition) is 5. The predicted octanol–water partition coefficient (Wildman–Crippen LogP) is 4.47. The molecule has 0 spiro atoms. The standard InChI is InChI=1S/C25H20FNO5/c1-14-13-15(11-12-20(14)32-2)23(29)21-22(16-7-3-4-8-17(16)26)27(25(31)24(21)30)18-9-5-6-10-19(18)28/h3-13,22,28-29H,1-2H3/b23-21+. The van der Waals surface area contributed by atoms with Crippen molar-refractivity contribution < 1.29 is 28.9 Å². The zero-order valence-corrected chi connectivity index (χ0v) is 17.4. The lowest BCUT2D eigenvalue weighted by Crippen LogP contribution is -2.29. The van der Waals surface area contributed by atoms with Gasteiger partial charge >= 0.3 is 0 Å². The van der Waals surface area contributed by atoms with Crippen molar-refractivity contribution in [1.82, 2.24) is 0 Å². The molecule has 1 unspecified atom stereocenters. The maximum Gasteiger partial charge on any atom is 0.300 e. The molecule has 0 aromatic heterocycles. The second-order valence-corrected chi connectivity index (χ2v) is 7.36. The van der Waals surface area contributed by atoms with Crippen LogP contribution in [0.3, 0.4) is 0 Å². The van der Waals surface area contributed by atoms with Crippen LogP contribution >= 0.6 is 0 Å². The maximum absolute atomic E-state index is 14.9. The molecule has 7 heteroatoms. The number of carbonyl (C=O) groups is 2. The fourth-order valence-corrected chi connectivity index (χ4v) is 3.92. The number of Topliss-reactive ketones (excluding diaryl/α,β-unsaturated/α-hetero) is 1. The summed E-state index contributed by atoms with van der Waals surface area (Å²) < 4.78 is 20.1. The zero-order valence-electron chi connectivity index (χ0n) is 17.4. The molecule has 32 heavy (non-hydrogen) atoms. The Bertz CT molecular complexity index is 1270. The van der Waals surface area contributed by atoms with Gasteiger partial charge in [-0.15, -0.1) is 0 Å². The van der Waals surface area contributed by atoms with E-state index >= 15 is 0 Å². The number of carbonyl (C=O) groups excluding carboxylic acids is 2. The number of methoxy groups -OCH3 is 1. The number of anilines is 1. The van der Waals surface area contributed by atoms with E-state index in [1.807, 2.05) is 0 Å². The summed E-state index contributed by atoms with van der Waals surface area (Å²) in [5, 5.41) is 21.5. The molecule has 2 N–H and O–H groups in total. The average molecular weight is 433 g/mol. The number of halogens is 1. The second kappa shape index (κ2) is 8.19. The normalized spacial score (nSPS) is 17.6. The molecule has 3 aromatic rings. The topological polar surface area (TPSA) is 87.1 Å². The molecule has 1 aliphatic heterocycles. The van der Waals surface area contributed by atoms with E-state index < -0.39 is 29.3 Å². The van der Waals surface area contributed by atoms with Crippen molar-refractivity contribution in [1.29, 1.82) is 0 Å². The van der Waals surface area contributed by atoms with E-state index in [1.165, 1.54) is 37.4 Å². The van der Waals surface area contributed by atoms with Crippen molar-refractivity contribution in [3.63, 3.8) is 0 Å². The Morgan fingerprint density at radius 1 is 1.03 bits per heavy atom. The first-order chi connectivity index (χ1) is 15.3. The van der Waals surface area contributed by atoms with Gasteiger partial charge in [0, 0.05) is 11.1 Å². The van der Waals surface area contributed by atoms with Gasteiger partial charge in [-0.05, 0) is 48.9 Å². The first kappa shape index (κ1) is 21.1. The van der Waals surface area contributed by atoms with Gasteiger partial charge in [0.1, 0.15) is 23.1 Å². The number of ketones is 1. The van der Waals surface area contributed by atoms with Crippen LogP contribution in [0.25, 0.3) is 5.76 Å². The molecule has 3 aromatic carbocycles. The molecular formula is C25H20FNO5. The lowest BCUT2D eigenvalue weighted by Gasteiger charge is -2.26. The Morgan fingerprint density at radius 2 is 1.72 bits per heavy atom. The fourth-order valence-electron chi connectivity index (χ4n) is 3.92. The van der Waals surface area contributed by atoms with Crippen molar-refractivity contribution in [3.05, 3.63) is 94.8 Å². The number of nitrogens with zero attached hydrogens (tertiary/aromatic N) is 1. The summed E-state index contributed by atoms with van der Waals surface area (Å²) in [4.78, 5) is 27.1. The van der Waals surface area contributed by atoms with Gasteiger partial charge in [0.2, 0.25) is 0 Å². The molecule has 0 aliphatic carbocycles. The van der Waals surface area contributed by atoms with Crippen molar-refractivity contribution in [2.45, 2.75) is 13.0 Å². The van der Waals surface area contributed by atoms with Crippen LogP contribution in [-0.4, -0.2) is 29.0 Å². The van der Waals surface area contributed by atoms with Crippen LogP contribution in [0, 0.1) is 12.7 Å². The summed E-state index contributed by atoms with van der Waals surface area (Å²) in [6, 6.07) is 15.2. The minimum atomic E-state index is -1.27. The van der Waals surface area contributed by atoms with Crippen LogP contribution in [0.2, 0.25) is 0 Å². The number of ether oxygens (including phenoxy) is 1. The van der Waals surface area contributed by atoms with E-state index in [4.69, 9.17) is 4.74 Å². The number of benzene rings is 3. The summed E-state index contributed by atoms with van der Waals surface area (Å²) in [6.07, 6.45) is 0. The molecule has 1 heterocycles. The Balaban J connectivity index is 1.98. The van der Waals surface area contributed by atoms with Gasteiger partial charge in [-0.1, -0.05) is 30.3 Å². The maximum atomic E-state index is 14.9. The molecule has 0 radical (unpaired) electrons. The molecule has 1 atom stereocenters. The van der Waals surface area contributed by atoms with Gasteiger partial charge < -0.3 is 14.9 Å². The van der Waals surface area contributed by atoms with E-state index in [0.717, 1.165) is 4.90 Å². The van der Waals surface area contributed by atoms with E-state index in [9.17, 15) is 24.2 Å². The molecule has 1 amide bonds. The molecule has 0 bridgehead atoms. The van der Waals surface area contributed by atoms with Crippen LogP contribution in [0.15, 0.2) is 72.3 Å². The number of aromatic hydroxyl groups is 1. The minimum Gasteiger partial charge on any atom is -0.507 e. The van der Waals surface area contributed by atoms with Crippen LogP contribution in [-0.2, 0) is 9.59 Å². The second-order valence-electron chi connectivity index (χ2n) is 7.36. The first-order valence-electron chi connectivity index (χ1n) is 9.83. The number of phenolic OH excluding ortho intramolecular Hbond substituents is 1. The van der Waals surface area contributed by atoms with Crippen LogP contribution in [0.1, 0.15) is 22.7 Å². The summed E-state index contributed by atoms with van der Waals surface area (Å²) >= 11 is 0. The number of amides is 1. The number of rotatable bonds is 4. The molecular weight excluding hydrogens is 413 g/mol. The monoisotopic (exact) mass is 433 g/mol. The highest BCUT2D eigenvalue weighted by molar-refractivity contribution is 6.51. The number of hydrogen-bond donors (Lipinski definition) is 2. The lowest BCUT2D eigenvalue weighted by atomic mass is 9.94. The van der Waals surface area contributed by atoms with Crippen molar-refractivity contribution >= 4 is 23.1 Å².